The summed E-state index contributed by atoms with van der Waals surface area (Å²) in [7, 11) is -3.82. The van der Waals surface area contributed by atoms with E-state index in [2.05, 4.69) is 0 Å². The number of sulfone groups is 1. The highest BCUT2D eigenvalue weighted by Crippen LogP contribution is 2.25. The van der Waals surface area contributed by atoms with Gasteiger partial charge in [0.1, 0.15) is 5.82 Å². The Bertz CT molecular complexity index is 802. The molecule has 2 aromatic rings. The summed E-state index contributed by atoms with van der Waals surface area (Å²) < 4.78 is 37.9. The van der Waals surface area contributed by atoms with Crippen molar-refractivity contribution in [3.63, 3.8) is 0 Å². The Morgan fingerprint density at radius 2 is 1.86 bits per heavy atom. The van der Waals surface area contributed by atoms with Gasteiger partial charge in [-0.1, -0.05) is 29.8 Å². The molecule has 0 aliphatic carbocycles. The monoisotopic (exact) mass is 328 g/mol. The van der Waals surface area contributed by atoms with E-state index in [4.69, 9.17) is 16.7 Å². The number of carboxylic acid groups (broad SMARTS) is 1. The number of halogens is 2. The summed E-state index contributed by atoms with van der Waals surface area (Å²) >= 11 is 5.73. The average Bonchev–Trinajstić information content (AvgIpc) is 2.44. The third-order valence-corrected chi connectivity index (χ3v) is 4.90. The molecule has 7 heteroatoms. The minimum absolute atomic E-state index is 0.123. The summed E-state index contributed by atoms with van der Waals surface area (Å²) in [5, 5.41) is 8.63. The van der Waals surface area contributed by atoms with Gasteiger partial charge in [0.25, 0.3) is 0 Å². The Morgan fingerprint density at radius 1 is 1.19 bits per heavy atom. The van der Waals surface area contributed by atoms with E-state index in [0.717, 1.165) is 12.1 Å². The summed E-state index contributed by atoms with van der Waals surface area (Å²) in [4.78, 5) is 10.7. The van der Waals surface area contributed by atoms with Gasteiger partial charge in [-0.2, -0.15) is 0 Å². The molecule has 0 aliphatic rings. The average molecular weight is 329 g/mol. The smallest absolute Gasteiger partial charge is 0.335 e. The molecule has 0 aliphatic heterocycles. The van der Waals surface area contributed by atoms with Gasteiger partial charge in [-0.3, -0.25) is 0 Å². The number of hydrogen-bond acceptors (Lipinski definition) is 3. The lowest BCUT2D eigenvalue weighted by Crippen LogP contribution is -2.07. The molecule has 1 N–H and O–H groups in total. The van der Waals surface area contributed by atoms with E-state index in [1.54, 1.807) is 0 Å². The Kier molecular flexibility index (Phi) is 4.29. The highest BCUT2D eigenvalue weighted by molar-refractivity contribution is 7.90. The van der Waals surface area contributed by atoms with Crippen LogP contribution in [0.25, 0.3) is 0 Å². The number of rotatable bonds is 4. The zero-order valence-corrected chi connectivity index (χ0v) is 12.2. The molecule has 21 heavy (non-hydrogen) atoms. The molecule has 0 heterocycles. The second kappa shape index (κ2) is 5.83. The molecule has 4 nitrogen and oxygen atoms in total. The molecule has 0 amide bonds. The van der Waals surface area contributed by atoms with Crippen molar-refractivity contribution in [2.75, 3.05) is 0 Å². The van der Waals surface area contributed by atoms with E-state index in [1.165, 1.54) is 30.3 Å². The highest BCUT2D eigenvalue weighted by Gasteiger charge is 2.19. The number of carbonyl (C=O) groups is 1. The van der Waals surface area contributed by atoms with E-state index in [-0.39, 0.29) is 21.0 Å². The van der Waals surface area contributed by atoms with Crippen LogP contribution in [0.2, 0.25) is 5.02 Å². The van der Waals surface area contributed by atoms with Gasteiger partial charge in [-0.15, -0.1) is 0 Å². The topological polar surface area (TPSA) is 71.4 Å². The summed E-state index contributed by atoms with van der Waals surface area (Å²) in [5.41, 5.74) is -0.0150. The number of carboxylic acids is 1. The van der Waals surface area contributed by atoms with Crippen LogP contribution >= 0.6 is 11.6 Å². The molecule has 0 radical (unpaired) electrons. The molecule has 0 spiro atoms. The molecule has 0 fully saturated rings. The van der Waals surface area contributed by atoms with Crippen molar-refractivity contribution in [3.8, 4) is 0 Å². The Labute approximate surface area is 125 Å². The molecule has 0 unspecified atom stereocenters. The third-order valence-electron chi connectivity index (χ3n) is 2.82. The van der Waals surface area contributed by atoms with Crippen LogP contribution in [-0.2, 0) is 15.6 Å². The van der Waals surface area contributed by atoms with Crippen molar-refractivity contribution in [2.45, 2.75) is 10.6 Å². The van der Waals surface area contributed by atoms with Crippen LogP contribution < -0.4 is 0 Å². The van der Waals surface area contributed by atoms with Crippen LogP contribution in [0.3, 0.4) is 0 Å². The Balaban J connectivity index is 2.41. The normalized spacial score (nSPS) is 11.3. The number of benzene rings is 2. The van der Waals surface area contributed by atoms with Gasteiger partial charge in [0, 0.05) is 0 Å². The summed E-state index contributed by atoms with van der Waals surface area (Å²) in [6.45, 7) is 0. The van der Waals surface area contributed by atoms with E-state index >= 15 is 0 Å². The first-order valence-corrected chi connectivity index (χ1v) is 7.83. The van der Waals surface area contributed by atoms with Gasteiger partial charge in [0.2, 0.25) is 0 Å². The summed E-state index contributed by atoms with van der Waals surface area (Å²) in [6.07, 6.45) is 0. The second-order valence-corrected chi connectivity index (χ2v) is 6.67. The summed E-state index contributed by atoms with van der Waals surface area (Å²) in [6, 6.07) is 8.87. The van der Waals surface area contributed by atoms with Crippen LogP contribution in [0.4, 0.5) is 4.39 Å². The largest absolute Gasteiger partial charge is 0.478 e. The Hall–Kier alpha value is -1.92. The predicted octanol–water partition coefficient (Wildman–Crippen LogP) is 3.15. The fourth-order valence-electron chi connectivity index (χ4n) is 1.77. The van der Waals surface area contributed by atoms with E-state index in [1.807, 2.05) is 0 Å². The highest BCUT2D eigenvalue weighted by atomic mass is 35.5. The standard InChI is InChI=1S/C14H10ClFO4S/c15-13-10(4-2-6-12(13)16)8-21(19,20)11-5-1-3-9(7-11)14(17)18/h1-7H,8H2,(H,17,18). The first-order chi connectivity index (χ1) is 9.81. The lowest BCUT2D eigenvalue weighted by atomic mass is 10.2. The zero-order valence-electron chi connectivity index (χ0n) is 10.6. The molecule has 110 valence electrons. The van der Waals surface area contributed by atoms with Crippen molar-refractivity contribution >= 4 is 27.4 Å². The molecular formula is C14H10ClFO4S. The molecular weight excluding hydrogens is 319 g/mol. The molecule has 0 aromatic heterocycles. The fraction of sp³-hybridized carbons (Fsp3) is 0.0714. The van der Waals surface area contributed by atoms with Gasteiger partial charge in [0.05, 0.1) is 21.2 Å². The quantitative estimate of drug-likeness (QED) is 0.935. The van der Waals surface area contributed by atoms with Crippen molar-refractivity contribution in [2.24, 2.45) is 0 Å². The van der Waals surface area contributed by atoms with Crippen molar-refractivity contribution in [1.82, 2.24) is 0 Å². The molecule has 0 atom stereocenters. The molecule has 0 saturated heterocycles. The number of aromatic carboxylic acids is 1. The lowest BCUT2D eigenvalue weighted by molar-refractivity contribution is 0.0696. The van der Waals surface area contributed by atoms with Gasteiger partial charge >= 0.3 is 5.97 Å². The number of hydrogen-bond donors (Lipinski definition) is 1. The fourth-order valence-corrected chi connectivity index (χ4v) is 3.45. The van der Waals surface area contributed by atoms with E-state index in [9.17, 15) is 17.6 Å². The maximum Gasteiger partial charge on any atom is 0.335 e. The molecule has 0 saturated carbocycles. The van der Waals surface area contributed by atoms with Crippen LogP contribution in [0.15, 0.2) is 47.4 Å². The predicted molar refractivity (Wildman–Crippen MR) is 75.7 cm³/mol. The Morgan fingerprint density at radius 3 is 2.52 bits per heavy atom. The maximum absolute atomic E-state index is 13.3. The van der Waals surface area contributed by atoms with E-state index < -0.39 is 27.4 Å². The maximum atomic E-state index is 13.3. The van der Waals surface area contributed by atoms with Crippen LogP contribution in [-0.4, -0.2) is 19.5 Å². The van der Waals surface area contributed by atoms with Crippen LogP contribution in [0.5, 0.6) is 0 Å². The lowest BCUT2D eigenvalue weighted by Gasteiger charge is -2.07. The van der Waals surface area contributed by atoms with Gasteiger partial charge < -0.3 is 5.11 Å². The molecule has 2 rings (SSSR count). The SMILES string of the molecule is O=C(O)c1cccc(S(=O)(=O)Cc2cccc(F)c2Cl)c1. The van der Waals surface area contributed by atoms with Crippen molar-refractivity contribution in [1.29, 1.82) is 0 Å². The summed E-state index contributed by atoms with van der Waals surface area (Å²) in [5.74, 6) is -2.44. The van der Waals surface area contributed by atoms with Crippen molar-refractivity contribution < 1.29 is 22.7 Å². The second-order valence-electron chi connectivity index (χ2n) is 4.31. The minimum atomic E-state index is -3.82. The molecule has 2 aromatic carbocycles. The van der Waals surface area contributed by atoms with Crippen molar-refractivity contribution in [3.05, 3.63) is 64.4 Å². The van der Waals surface area contributed by atoms with Gasteiger partial charge in [0.15, 0.2) is 9.84 Å². The van der Waals surface area contributed by atoms with E-state index in [0.29, 0.717) is 0 Å². The zero-order chi connectivity index (χ0) is 15.6. The third kappa shape index (κ3) is 3.40. The first-order valence-electron chi connectivity index (χ1n) is 5.80. The van der Waals surface area contributed by atoms with Crippen LogP contribution in [0.1, 0.15) is 15.9 Å². The van der Waals surface area contributed by atoms with Crippen LogP contribution in [0, 0.1) is 5.82 Å². The van der Waals surface area contributed by atoms with Gasteiger partial charge in [-0.25, -0.2) is 17.6 Å². The first kappa shape index (κ1) is 15.5. The molecule has 0 bridgehead atoms. The minimum Gasteiger partial charge on any atom is -0.478 e. The van der Waals surface area contributed by atoms with Gasteiger partial charge in [-0.05, 0) is 29.8 Å².